The maximum atomic E-state index is 12.9. The Labute approximate surface area is 197 Å². The van der Waals surface area contributed by atoms with Crippen LogP contribution >= 0.6 is 0 Å². The van der Waals surface area contributed by atoms with Gasteiger partial charge in [-0.05, 0) is 57.7 Å². The Kier molecular flexibility index (Phi) is 6.53. The fraction of sp³-hybridized carbons (Fsp3) is 0.583. The van der Waals surface area contributed by atoms with E-state index in [-0.39, 0.29) is 30.2 Å². The summed E-state index contributed by atoms with van der Waals surface area (Å²) in [7, 11) is 1.68. The van der Waals surface area contributed by atoms with Gasteiger partial charge in [0.25, 0.3) is 0 Å². The molecule has 4 rings (SSSR count). The summed E-state index contributed by atoms with van der Waals surface area (Å²) in [5.41, 5.74) is 1.59. The Morgan fingerprint density at radius 2 is 1.97 bits per heavy atom. The average molecular weight is 473 g/mol. The van der Waals surface area contributed by atoms with Gasteiger partial charge in [-0.1, -0.05) is 6.07 Å². The minimum Gasteiger partial charge on any atom is -0.444 e. The number of morpholine rings is 1. The van der Waals surface area contributed by atoms with Crippen molar-refractivity contribution in [2.75, 3.05) is 19.7 Å². The lowest BCUT2D eigenvalue weighted by atomic mass is 10.0. The molecule has 1 aromatic carbocycles. The van der Waals surface area contributed by atoms with E-state index in [4.69, 9.17) is 9.47 Å². The quantitative estimate of drug-likeness (QED) is 0.680. The molecule has 2 saturated heterocycles. The van der Waals surface area contributed by atoms with E-state index in [2.05, 4.69) is 5.32 Å². The van der Waals surface area contributed by atoms with Crippen molar-refractivity contribution < 1.29 is 23.9 Å². The number of nitrogens with zero attached hydrogens (tertiary/aromatic N) is 3. The van der Waals surface area contributed by atoms with Crippen molar-refractivity contribution >= 4 is 28.9 Å². The zero-order valence-corrected chi connectivity index (χ0v) is 20.1. The highest BCUT2D eigenvalue weighted by Gasteiger charge is 2.31. The molecule has 2 atom stereocenters. The molecule has 2 aliphatic rings. The summed E-state index contributed by atoms with van der Waals surface area (Å²) in [6.07, 6.45) is 1.51. The second-order valence-electron chi connectivity index (χ2n) is 9.96. The molecule has 1 aromatic heterocycles. The molecule has 0 radical (unpaired) electrons. The first-order valence-corrected chi connectivity index (χ1v) is 11.7. The molecule has 1 N–H and O–H groups in total. The normalized spacial score (nSPS) is 21.6. The third-order valence-corrected chi connectivity index (χ3v) is 6.22. The number of carbonyl (C=O) groups is 3. The maximum absolute atomic E-state index is 12.9. The highest BCUT2D eigenvalue weighted by atomic mass is 16.6. The summed E-state index contributed by atoms with van der Waals surface area (Å²) >= 11 is 0. The maximum Gasteiger partial charge on any atom is 0.410 e. The van der Waals surface area contributed by atoms with Crippen LogP contribution in [0.1, 0.15) is 51.6 Å². The number of hydrogen-bond donors (Lipinski definition) is 1. The van der Waals surface area contributed by atoms with Crippen LogP contribution in [0, 0.1) is 0 Å². The van der Waals surface area contributed by atoms with Crippen LogP contribution in [0.5, 0.6) is 0 Å². The van der Waals surface area contributed by atoms with Gasteiger partial charge in [-0.15, -0.1) is 0 Å². The average Bonchev–Trinajstić information content (AvgIpc) is 3.01. The lowest BCUT2D eigenvalue weighted by Crippen LogP contribution is -2.47. The summed E-state index contributed by atoms with van der Waals surface area (Å²) in [5, 5.41) is 2.32. The number of piperidine rings is 1. The molecule has 3 heterocycles. The largest absolute Gasteiger partial charge is 0.444 e. The lowest BCUT2D eigenvalue weighted by molar-refractivity contribution is -0.135. The molecule has 2 aliphatic heterocycles. The van der Waals surface area contributed by atoms with Crippen molar-refractivity contribution in [1.29, 1.82) is 0 Å². The number of aromatic nitrogens is 2. The van der Waals surface area contributed by atoms with E-state index < -0.39 is 17.6 Å². The minimum absolute atomic E-state index is 0.103. The van der Waals surface area contributed by atoms with Crippen molar-refractivity contribution in [2.45, 2.75) is 64.2 Å². The van der Waals surface area contributed by atoms with Crippen LogP contribution in [0.2, 0.25) is 0 Å². The number of benzene rings is 1. The van der Waals surface area contributed by atoms with Crippen LogP contribution in [0.3, 0.4) is 0 Å². The van der Waals surface area contributed by atoms with E-state index in [1.54, 1.807) is 11.9 Å². The van der Waals surface area contributed by atoms with Crippen molar-refractivity contribution in [3.63, 3.8) is 0 Å². The van der Waals surface area contributed by atoms with Crippen molar-refractivity contribution in [3.8, 4) is 0 Å². The van der Waals surface area contributed by atoms with Crippen LogP contribution in [-0.4, -0.2) is 63.3 Å². The van der Waals surface area contributed by atoms with Gasteiger partial charge >= 0.3 is 11.8 Å². The monoisotopic (exact) mass is 472 g/mol. The number of imidazole rings is 1. The van der Waals surface area contributed by atoms with Crippen molar-refractivity contribution in [3.05, 3.63) is 34.2 Å². The molecule has 0 bridgehead atoms. The molecular formula is C24H32N4O6. The summed E-state index contributed by atoms with van der Waals surface area (Å²) in [6, 6.07) is 5.05. The van der Waals surface area contributed by atoms with Crippen LogP contribution in [-0.2, 0) is 32.5 Å². The van der Waals surface area contributed by atoms with E-state index in [1.807, 2.05) is 39.0 Å². The number of imide groups is 1. The first-order valence-electron chi connectivity index (χ1n) is 11.7. The second-order valence-corrected chi connectivity index (χ2v) is 9.96. The first-order chi connectivity index (χ1) is 16.0. The second kappa shape index (κ2) is 9.25. The SMILES string of the molecule is Cn1c(=O)n(C2CCC(=O)NC2=O)c2ccc(CC[C@@H]3CN(C(=O)OC(C)(C)C)CCO3)cc21. The van der Waals surface area contributed by atoms with Gasteiger partial charge < -0.3 is 14.4 Å². The molecule has 0 spiro atoms. The fourth-order valence-electron chi connectivity index (χ4n) is 4.51. The van der Waals surface area contributed by atoms with Crippen LogP contribution in [0.4, 0.5) is 4.79 Å². The first kappa shape index (κ1) is 24.0. The predicted molar refractivity (Wildman–Crippen MR) is 124 cm³/mol. The van der Waals surface area contributed by atoms with Crippen LogP contribution < -0.4 is 11.0 Å². The van der Waals surface area contributed by atoms with Gasteiger partial charge in [-0.3, -0.25) is 24.0 Å². The lowest BCUT2D eigenvalue weighted by Gasteiger charge is -2.34. The number of rotatable bonds is 4. The van der Waals surface area contributed by atoms with Gasteiger partial charge in [0.15, 0.2) is 0 Å². The molecule has 2 aromatic rings. The van der Waals surface area contributed by atoms with E-state index >= 15 is 0 Å². The molecule has 10 heteroatoms. The number of hydrogen-bond acceptors (Lipinski definition) is 6. The molecule has 34 heavy (non-hydrogen) atoms. The Morgan fingerprint density at radius 3 is 2.68 bits per heavy atom. The van der Waals surface area contributed by atoms with Crippen LogP contribution in [0.15, 0.2) is 23.0 Å². The predicted octanol–water partition coefficient (Wildman–Crippen LogP) is 1.89. The highest BCUT2D eigenvalue weighted by Crippen LogP contribution is 2.24. The highest BCUT2D eigenvalue weighted by molar-refractivity contribution is 6.00. The van der Waals surface area contributed by atoms with Gasteiger partial charge in [0, 0.05) is 20.0 Å². The van der Waals surface area contributed by atoms with Gasteiger partial charge in [0.2, 0.25) is 11.8 Å². The van der Waals surface area contributed by atoms with Gasteiger partial charge in [0.05, 0.1) is 30.3 Å². The molecule has 0 aliphatic carbocycles. The number of carbonyl (C=O) groups excluding carboxylic acids is 3. The zero-order valence-electron chi connectivity index (χ0n) is 20.1. The summed E-state index contributed by atoms with van der Waals surface area (Å²) in [6.45, 7) is 6.99. The molecule has 3 amide bonds. The molecule has 10 nitrogen and oxygen atoms in total. The summed E-state index contributed by atoms with van der Waals surface area (Å²) in [5.74, 6) is -0.758. The number of fused-ring (bicyclic) bond motifs is 1. The number of amides is 3. The summed E-state index contributed by atoms with van der Waals surface area (Å²) < 4.78 is 14.3. The Bertz CT molecular complexity index is 1170. The number of nitrogens with one attached hydrogen (secondary N) is 1. The molecule has 1 unspecified atom stereocenters. The third-order valence-electron chi connectivity index (χ3n) is 6.22. The smallest absolute Gasteiger partial charge is 0.410 e. The van der Waals surface area contributed by atoms with Crippen molar-refractivity contribution in [2.24, 2.45) is 7.05 Å². The Hall–Kier alpha value is -3.14. The molecular weight excluding hydrogens is 440 g/mol. The number of ether oxygens (including phenoxy) is 2. The molecule has 0 saturated carbocycles. The van der Waals surface area contributed by atoms with E-state index in [0.29, 0.717) is 44.5 Å². The fourth-order valence-corrected chi connectivity index (χ4v) is 4.51. The topological polar surface area (TPSA) is 112 Å². The standard InChI is InChI=1S/C24H32N4O6/c1-24(2,3)34-23(32)27-11-12-33-16(14-27)7-5-15-6-8-17-19(13-15)26(4)22(31)28(17)18-9-10-20(29)25-21(18)30/h6,8,13,16,18H,5,7,9-12,14H2,1-4H3,(H,25,29,30)/t16-,18?/m1/s1. The van der Waals surface area contributed by atoms with E-state index in [9.17, 15) is 19.2 Å². The molecule has 184 valence electrons. The van der Waals surface area contributed by atoms with E-state index in [1.165, 1.54) is 9.13 Å². The Balaban J connectivity index is 1.46. The van der Waals surface area contributed by atoms with Crippen LogP contribution in [0.25, 0.3) is 11.0 Å². The molecule has 2 fully saturated rings. The van der Waals surface area contributed by atoms with E-state index in [0.717, 1.165) is 11.1 Å². The third kappa shape index (κ3) is 5.01. The summed E-state index contributed by atoms with van der Waals surface area (Å²) in [4.78, 5) is 50.9. The van der Waals surface area contributed by atoms with Crippen molar-refractivity contribution in [1.82, 2.24) is 19.4 Å². The Morgan fingerprint density at radius 1 is 1.21 bits per heavy atom. The van der Waals surface area contributed by atoms with Gasteiger partial charge in [0.1, 0.15) is 11.6 Å². The van der Waals surface area contributed by atoms with Gasteiger partial charge in [-0.2, -0.15) is 0 Å². The number of aryl methyl sites for hydroxylation is 2. The zero-order chi connectivity index (χ0) is 24.6. The minimum atomic E-state index is -0.700. The van der Waals surface area contributed by atoms with Gasteiger partial charge in [-0.25, -0.2) is 9.59 Å².